The van der Waals surface area contributed by atoms with Crippen molar-refractivity contribution in [3.05, 3.63) is 24.1 Å². The van der Waals surface area contributed by atoms with Gasteiger partial charge in [-0.3, -0.25) is 4.79 Å². The molecular formula is C8H9FO3. The lowest BCUT2D eigenvalue weighted by atomic mass is 10.1. The van der Waals surface area contributed by atoms with Gasteiger partial charge in [-0.2, -0.15) is 0 Å². The number of carbonyl (C=O) groups is 1. The van der Waals surface area contributed by atoms with Crippen LogP contribution in [0.4, 0.5) is 4.39 Å². The molecule has 0 aliphatic heterocycles. The molecule has 3 nitrogen and oxygen atoms in total. The van der Waals surface area contributed by atoms with Crippen LogP contribution in [0, 0.1) is 0 Å². The molecule has 0 bridgehead atoms. The number of halogens is 1. The third-order valence-corrected chi connectivity index (χ3v) is 1.67. The molecule has 0 saturated heterocycles. The summed E-state index contributed by atoms with van der Waals surface area (Å²) in [6.07, 6.45) is 3.15. The summed E-state index contributed by atoms with van der Waals surface area (Å²) in [5.41, 5.74) is 0. The van der Waals surface area contributed by atoms with Crippen molar-refractivity contribution in [2.45, 2.75) is 5.79 Å². The second-order valence-corrected chi connectivity index (χ2v) is 2.30. The van der Waals surface area contributed by atoms with Crippen LogP contribution >= 0.6 is 0 Å². The van der Waals surface area contributed by atoms with Crippen LogP contribution in [0.15, 0.2) is 24.1 Å². The number of hydrogen-bond acceptors (Lipinski definition) is 3. The molecule has 1 aliphatic rings. The van der Waals surface area contributed by atoms with Crippen molar-refractivity contribution in [1.29, 1.82) is 0 Å². The van der Waals surface area contributed by atoms with E-state index in [-0.39, 0.29) is 0 Å². The van der Waals surface area contributed by atoms with Gasteiger partial charge in [0.2, 0.25) is 5.78 Å². The van der Waals surface area contributed by atoms with E-state index in [1.807, 2.05) is 0 Å². The molecule has 0 aromatic carbocycles. The standard InChI is InChI=1S/C8H9FO3/c1-11-8(12-2)5-6(9)3-4-7(8)10/h3-5H,1-2H3. The van der Waals surface area contributed by atoms with Crippen molar-refractivity contribution in [3.8, 4) is 0 Å². The zero-order valence-corrected chi connectivity index (χ0v) is 6.83. The number of ether oxygens (including phenoxy) is 2. The zero-order chi connectivity index (χ0) is 9.19. The van der Waals surface area contributed by atoms with E-state index < -0.39 is 17.4 Å². The van der Waals surface area contributed by atoms with Crippen LogP contribution in [-0.4, -0.2) is 25.8 Å². The van der Waals surface area contributed by atoms with Crippen LogP contribution in [0.3, 0.4) is 0 Å². The lowest BCUT2D eigenvalue weighted by molar-refractivity contribution is -0.181. The topological polar surface area (TPSA) is 35.5 Å². The van der Waals surface area contributed by atoms with E-state index >= 15 is 0 Å². The van der Waals surface area contributed by atoms with E-state index in [9.17, 15) is 9.18 Å². The van der Waals surface area contributed by atoms with Crippen LogP contribution in [0.5, 0.6) is 0 Å². The molecule has 0 aromatic rings. The molecule has 0 radical (unpaired) electrons. The van der Waals surface area contributed by atoms with Gasteiger partial charge in [-0.05, 0) is 12.2 Å². The summed E-state index contributed by atoms with van der Waals surface area (Å²) in [6.45, 7) is 0. The Balaban J connectivity index is 3.02. The summed E-state index contributed by atoms with van der Waals surface area (Å²) < 4.78 is 22.2. The van der Waals surface area contributed by atoms with E-state index in [2.05, 4.69) is 0 Å². The molecular weight excluding hydrogens is 163 g/mol. The second kappa shape index (κ2) is 3.16. The van der Waals surface area contributed by atoms with Gasteiger partial charge in [0.1, 0.15) is 5.83 Å². The molecule has 4 heteroatoms. The molecule has 0 heterocycles. The van der Waals surface area contributed by atoms with Crippen LogP contribution in [0.2, 0.25) is 0 Å². The van der Waals surface area contributed by atoms with Crippen molar-refractivity contribution in [1.82, 2.24) is 0 Å². The van der Waals surface area contributed by atoms with Crippen molar-refractivity contribution in [2.24, 2.45) is 0 Å². The van der Waals surface area contributed by atoms with Gasteiger partial charge in [0.25, 0.3) is 5.79 Å². The Morgan fingerprint density at radius 3 is 2.33 bits per heavy atom. The Hall–Kier alpha value is -1.00. The maximum atomic E-state index is 12.7. The molecule has 0 amide bonds. The maximum absolute atomic E-state index is 12.7. The zero-order valence-electron chi connectivity index (χ0n) is 6.83. The first-order valence-electron chi connectivity index (χ1n) is 3.36. The van der Waals surface area contributed by atoms with Gasteiger partial charge in [0, 0.05) is 20.3 Å². The second-order valence-electron chi connectivity index (χ2n) is 2.30. The molecule has 0 spiro atoms. The van der Waals surface area contributed by atoms with Crippen molar-refractivity contribution in [3.63, 3.8) is 0 Å². The summed E-state index contributed by atoms with van der Waals surface area (Å²) in [5, 5.41) is 0. The van der Waals surface area contributed by atoms with Gasteiger partial charge in [0.05, 0.1) is 0 Å². The first-order valence-corrected chi connectivity index (χ1v) is 3.36. The highest BCUT2D eigenvalue weighted by molar-refractivity contribution is 5.99. The summed E-state index contributed by atoms with van der Waals surface area (Å²) in [4.78, 5) is 11.2. The Bertz CT molecular complexity index is 251. The predicted molar refractivity (Wildman–Crippen MR) is 40.1 cm³/mol. The van der Waals surface area contributed by atoms with E-state index in [4.69, 9.17) is 9.47 Å². The van der Waals surface area contributed by atoms with E-state index in [1.165, 1.54) is 14.2 Å². The van der Waals surface area contributed by atoms with E-state index in [1.54, 1.807) is 0 Å². The van der Waals surface area contributed by atoms with Crippen LogP contribution < -0.4 is 0 Å². The smallest absolute Gasteiger partial charge is 0.256 e. The molecule has 0 N–H and O–H groups in total. The summed E-state index contributed by atoms with van der Waals surface area (Å²) >= 11 is 0. The molecule has 1 rings (SSSR count). The fraction of sp³-hybridized carbons (Fsp3) is 0.375. The van der Waals surface area contributed by atoms with Gasteiger partial charge in [-0.15, -0.1) is 0 Å². The summed E-state index contributed by atoms with van der Waals surface area (Å²) in [7, 11) is 2.56. The van der Waals surface area contributed by atoms with E-state index in [0.717, 1.165) is 18.2 Å². The Morgan fingerprint density at radius 1 is 1.33 bits per heavy atom. The Morgan fingerprint density at radius 2 is 1.92 bits per heavy atom. The van der Waals surface area contributed by atoms with Crippen molar-refractivity contribution in [2.75, 3.05) is 14.2 Å². The van der Waals surface area contributed by atoms with Crippen LogP contribution in [0.1, 0.15) is 0 Å². The average molecular weight is 172 g/mol. The highest BCUT2D eigenvalue weighted by atomic mass is 19.1. The normalized spacial score (nSPS) is 20.9. The molecule has 1 aliphatic carbocycles. The largest absolute Gasteiger partial charge is 0.343 e. The highest BCUT2D eigenvalue weighted by Gasteiger charge is 2.37. The molecule has 0 atom stereocenters. The number of rotatable bonds is 2. The minimum atomic E-state index is -1.57. The molecule has 0 fully saturated rings. The van der Waals surface area contributed by atoms with Crippen LogP contribution in [0.25, 0.3) is 0 Å². The van der Waals surface area contributed by atoms with Gasteiger partial charge < -0.3 is 9.47 Å². The van der Waals surface area contributed by atoms with Gasteiger partial charge in [-0.25, -0.2) is 4.39 Å². The molecule has 66 valence electrons. The first kappa shape index (κ1) is 9.09. The van der Waals surface area contributed by atoms with Gasteiger partial charge in [0.15, 0.2) is 0 Å². The molecule has 0 aromatic heterocycles. The third kappa shape index (κ3) is 1.31. The maximum Gasteiger partial charge on any atom is 0.256 e. The fourth-order valence-electron chi connectivity index (χ4n) is 0.975. The SMILES string of the molecule is COC1(OC)C=C(F)C=CC1=O. The first-order chi connectivity index (χ1) is 5.64. The highest BCUT2D eigenvalue weighted by Crippen LogP contribution is 2.22. The van der Waals surface area contributed by atoms with E-state index in [0.29, 0.717) is 0 Å². The number of allylic oxidation sites excluding steroid dienone is 2. The minimum Gasteiger partial charge on any atom is -0.343 e. The third-order valence-electron chi connectivity index (χ3n) is 1.67. The number of ketones is 1. The monoisotopic (exact) mass is 172 g/mol. The predicted octanol–water partition coefficient (Wildman–Crippen LogP) is 0.968. The van der Waals surface area contributed by atoms with Crippen molar-refractivity contribution < 1.29 is 18.7 Å². The minimum absolute atomic E-state index is 0.422. The quantitative estimate of drug-likeness (QED) is 0.582. The average Bonchev–Trinajstić information content (AvgIpc) is 2.09. The molecule has 0 saturated carbocycles. The van der Waals surface area contributed by atoms with Crippen molar-refractivity contribution >= 4 is 5.78 Å². The number of hydrogen-bond donors (Lipinski definition) is 0. The fourth-order valence-corrected chi connectivity index (χ4v) is 0.975. The summed E-state index contributed by atoms with van der Waals surface area (Å²) in [5.74, 6) is -2.54. The molecule has 12 heavy (non-hydrogen) atoms. The molecule has 0 unspecified atom stereocenters. The number of methoxy groups -OCH3 is 2. The van der Waals surface area contributed by atoms with Crippen LogP contribution in [-0.2, 0) is 14.3 Å². The lowest BCUT2D eigenvalue weighted by Gasteiger charge is -2.25. The number of carbonyl (C=O) groups excluding carboxylic acids is 1. The lowest BCUT2D eigenvalue weighted by Crippen LogP contribution is -2.41. The Kier molecular flexibility index (Phi) is 2.40. The van der Waals surface area contributed by atoms with Gasteiger partial charge >= 0.3 is 0 Å². The van der Waals surface area contributed by atoms with Gasteiger partial charge in [-0.1, -0.05) is 0 Å². The Labute approximate surface area is 69.5 Å². The summed E-state index contributed by atoms with van der Waals surface area (Å²) in [6, 6.07) is 0.